The summed E-state index contributed by atoms with van der Waals surface area (Å²) < 4.78 is 0. The highest BCUT2D eigenvalue weighted by molar-refractivity contribution is 4.88. The first kappa shape index (κ1) is 12.0. The fraction of sp³-hybridized carbons (Fsp3) is 1.00. The van der Waals surface area contributed by atoms with E-state index in [9.17, 15) is 0 Å². The van der Waals surface area contributed by atoms with Gasteiger partial charge in [-0.3, -0.25) is 4.90 Å². The monoisotopic (exact) mass is 199 g/mol. The van der Waals surface area contributed by atoms with Crippen molar-refractivity contribution in [1.82, 2.24) is 9.80 Å². The molecule has 1 aliphatic heterocycles. The Labute approximate surface area is 88.2 Å². The Morgan fingerprint density at radius 2 is 2.07 bits per heavy atom. The fourth-order valence-corrected chi connectivity index (χ4v) is 2.06. The van der Waals surface area contributed by atoms with E-state index in [-0.39, 0.29) is 5.54 Å². The van der Waals surface area contributed by atoms with Crippen molar-refractivity contribution in [3.8, 4) is 0 Å². The van der Waals surface area contributed by atoms with E-state index in [1.54, 1.807) is 0 Å². The van der Waals surface area contributed by atoms with Crippen LogP contribution >= 0.6 is 0 Å². The third-order valence-corrected chi connectivity index (χ3v) is 3.48. The number of likely N-dealkylation sites (N-methyl/N-ethyl adjacent to an activating group) is 1. The van der Waals surface area contributed by atoms with E-state index in [0.29, 0.717) is 6.04 Å². The summed E-state index contributed by atoms with van der Waals surface area (Å²) in [7, 11) is 4.34. The molecule has 0 aromatic rings. The molecule has 0 saturated carbocycles. The molecule has 1 atom stereocenters. The number of hydrogen-bond donors (Lipinski definition) is 1. The zero-order valence-corrected chi connectivity index (χ0v) is 10.1. The minimum Gasteiger partial charge on any atom is -0.329 e. The van der Waals surface area contributed by atoms with E-state index in [0.717, 1.165) is 13.1 Å². The molecule has 0 spiro atoms. The average Bonchev–Trinajstić information content (AvgIpc) is 2.18. The summed E-state index contributed by atoms with van der Waals surface area (Å²) in [6.45, 7) is 7.59. The largest absolute Gasteiger partial charge is 0.329 e. The molecule has 84 valence electrons. The van der Waals surface area contributed by atoms with E-state index in [2.05, 4.69) is 37.7 Å². The van der Waals surface area contributed by atoms with Crippen molar-refractivity contribution in [3.05, 3.63) is 0 Å². The number of likely N-dealkylation sites (tertiary alicyclic amines) is 1. The van der Waals surface area contributed by atoms with Gasteiger partial charge in [-0.15, -0.1) is 0 Å². The van der Waals surface area contributed by atoms with E-state index in [4.69, 9.17) is 5.73 Å². The van der Waals surface area contributed by atoms with Crippen LogP contribution < -0.4 is 5.73 Å². The van der Waals surface area contributed by atoms with Gasteiger partial charge >= 0.3 is 0 Å². The topological polar surface area (TPSA) is 32.5 Å². The van der Waals surface area contributed by atoms with Gasteiger partial charge in [0.05, 0.1) is 0 Å². The lowest BCUT2D eigenvalue weighted by atomic mass is 9.96. The molecule has 3 heteroatoms. The lowest BCUT2D eigenvalue weighted by molar-refractivity contribution is 0.0560. The first-order valence-electron chi connectivity index (χ1n) is 5.59. The van der Waals surface area contributed by atoms with Gasteiger partial charge in [-0.1, -0.05) is 0 Å². The molecule has 1 saturated heterocycles. The minimum atomic E-state index is 0.161. The minimum absolute atomic E-state index is 0.161. The molecule has 0 aliphatic carbocycles. The van der Waals surface area contributed by atoms with E-state index >= 15 is 0 Å². The van der Waals surface area contributed by atoms with Crippen molar-refractivity contribution >= 4 is 0 Å². The Kier molecular flexibility index (Phi) is 3.93. The number of nitrogens with zero attached hydrogens (tertiary/aromatic N) is 2. The molecule has 3 nitrogen and oxygen atoms in total. The highest BCUT2D eigenvalue weighted by Gasteiger charge is 2.30. The van der Waals surface area contributed by atoms with E-state index in [1.807, 2.05) is 0 Å². The summed E-state index contributed by atoms with van der Waals surface area (Å²) >= 11 is 0. The lowest BCUT2D eigenvalue weighted by Gasteiger charge is -2.44. The molecule has 0 radical (unpaired) electrons. The van der Waals surface area contributed by atoms with Crippen LogP contribution in [0.4, 0.5) is 0 Å². The zero-order valence-electron chi connectivity index (χ0n) is 10.1. The van der Waals surface area contributed by atoms with Gasteiger partial charge in [0.2, 0.25) is 0 Å². The Morgan fingerprint density at radius 3 is 2.57 bits per heavy atom. The summed E-state index contributed by atoms with van der Waals surface area (Å²) in [5.74, 6) is 0. The van der Waals surface area contributed by atoms with Gasteiger partial charge in [-0.05, 0) is 47.3 Å². The van der Waals surface area contributed by atoms with Crippen molar-refractivity contribution in [3.63, 3.8) is 0 Å². The number of nitrogens with two attached hydrogens (primary N) is 1. The molecule has 0 amide bonds. The van der Waals surface area contributed by atoms with Gasteiger partial charge < -0.3 is 10.6 Å². The molecule has 0 bridgehead atoms. The summed E-state index contributed by atoms with van der Waals surface area (Å²) in [6, 6.07) is 0.703. The summed E-state index contributed by atoms with van der Waals surface area (Å²) in [5.41, 5.74) is 5.96. The number of piperidine rings is 1. The molecule has 1 heterocycles. The quantitative estimate of drug-likeness (QED) is 0.728. The predicted octanol–water partition coefficient (Wildman–Crippen LogP) is 0.750. The standard InChI is InChI=1S/C11H25N3/c1-11(2,9-12)14-7-5-6-10(8-14)13(3)4/h10H,5-9,12H2,1-4H3. The second kappa shape index (κ2) is 4.60. The van der Waals surface area contributed by atoms with Gasteiger partial charge in [0, 0.05) is 24.7 Å². The first-order chi connectivity index (χ1) is 6.47. The Hall–Kier alpha value is -0.120. The number of rotatable bonds is 3. The zero-order chi connectivity index (χ0) is 10.8. The summed E-state index contributed by atoms with van der Waals surface area (Å²) in [5, 5.41) is 0. The SMILES string of the molecule is CN(C)C1CCCN(C(C)(C)CN)C1. The molecular weight excluding hydrogens is 174 g/mol. The predicted molar refractivity (Wildman–Crippen MR) is 61.4 cm³/mol. The number of hydrogen-bond acceptors (Lipinski definition) is 3. The highest BCUT2D eigenvalue weighted by atomic mass is 15.2. The van der Waals surface area contributed by atoms with Crippen LogP contribution in [0.2, 0.25) is 0 Å². The van der Waals surface area contributed by atoms with Gasteiger partial charge in [-0.25, -0.2) is 0 Å². The maximum atomic E-state index is 5.80. The van der Waals surface area contributed by atoms with Crippen LogP contribution in [0, 0.1) is 0 Å². The molecule has 0 aromatic carbocycles. The van der Waals surface area contributed by atoms with Crippen LogP contribution in [-0.2, 0) is 0 Å². The summed E-state index contributed by atoms with van der Waals surface area (Å²) in [6.07, 6.45) is 2.62. The maximum Gasteiger partial charge on any atom is 0.0276 e. The lowest BCUT2D eigenvalue weighted by Crippen LogP contribution is -2.56. The third kappa shape index (κ3) is 2.69. The van der Waals surface area contributed by atoms with E-state index in [1.165, 1.54) is 19.4 Å². The van der Waals surface area contributed by atoms with Crippen LogP contribution in [-0.4, -0.2) is 55.1 Å². The van der Waals surface area contributed by atoms with Crippen molar-refractivity contribution in [2.75, 3.05) is 33.7 Å². The third-order valence-electron chi connectivity index (χ3n) is 3.48. The van der Waals surface area contributed by atoms with E-state index < -0.39 is 0 Å². The summed E-state index contributed by atoms with van der Waals surface area (Å²) in [4.78, 5) is 4.86. The van der Waals surface area contributed by atoms with Crippen LogP contribution in [0.25, 0.3) is 0 Å². The van der Waals surface area contributed by atoms with Crippen molar-refractivity contribution in [1.29, 1.82) is 0 Å². The molecule has 1 rings (SSSR count). The first-order valence-corrected chi connectivity index (χ1v) is 5.59. The Morgan fingerprint density at radius 1 is 1.43 bits per heavy atom. The fourth-order valence-electron chi connectivity index (χ4n) is 2.06. The van der Waals surface area contributed by atoms with Crippen LogP contribution in [0.1, 0.15) is 26.7 Å². The molecule has 2 N–H and O–H groups in total. The van der Waals surface area contributed by atoms with Crippen molar-refractivity contribution in [2.24, 2.45) is 5.73 Å². The normalized spacial score (nSPS) is 25.7. The smallest absolute Gasteiger partial charge is 0.0276 e. The molecular formula is C11H25N3. The van der Waals surface area contributed by atoms with Gasteiger partial charge in [-0.2, -0.15) is 0 Å². The second-order valence-corrected chi connectivity index (χ2v) is 5.22. The molecule has 1 fully saturated rings. The van der Waals surface area contributed by atoms with Crippen LogP contribution in [0.3, 0.4) is 0 Å². The molecule has 1 unspecified atom stereocenters. The van der Waals surface area contributed by atoms with Crippen LogP contribution in [0.5, 0.6) is 0 Å². The molecule has 14 heavy (non-hydrogen) atoms. The average molecular weight is 199 g/mol. The van der Waals surface area contributed by atoms with Crippen molar-refractivity contribution in [2.45, 2.75) is 38.3 Å². The van der Waals surface area contributed by atoms with Crippen LogP contribution in [0.15, 0.2) is 0 Å². The van der Waals surface area contributed by atoms with Gasteiger partial charge in [0.1, 0.15) is 0 Å². The second-order valence-electron chi connectivity index (χ2n) is 5.22. The molecule has 1 aliphatic rings. The molecule has 0 aromatic heterocycles. The van der Waals surface area contributed by atoms with Gasteiger partial charge in [0.15, 0.2) is 0 Å². The Balaban J connectivity index is 2.56. The maximum absolute atomic E-state index is 5.80. The van der Waals surface area contributed by atoms with Crippen molar-refractivity contribution < 1.29 is 0 Å². The highest BCUT2D eigenvalue weighted by Crippen LogP contribution is 2.21. The Bertz CT molecular complexity index is 177. The van der Waals surface area contributed by atoms with Gasteiger partial charge in [0.25, 0.3) is 0 Å².